The van der Waals surface area contributed by atoms with Gasteiger partial charge in [0.1, 0.15) is 0 Å². The molecule has 5 nitrogen and oxygen atoms in total. The van der Waals surface area contributed by atoms with Gasteiger partial charge < -0.3 is 10.6 Å². The first-order valence-corrected chi connectivity index (χ1v) is 7.63. The molecule has 116 valence electrons. The molecule has 22 heavy (non-hydrogen) atoms. The van der Waals surface area contributed by atoms with Crippen molar-refractivity contribution in [2.24, 2.45) is 0 Å². The van der Waals surface area contributed by atoms with Crippen molar-refractivity contribution in [3.63, 3.8) is 0 Å². The largest absolute Gasteiger partial charge is 0.348 e. The number of benzene rings is 1. The molecule has 1 amide bonds. The highest BCUT2D eigenvalue weighted by atomic mass is 16.2. The predicted octanol–water partition coefficient (Wildman–Crippen LogP) is 3.31. The Labute approximate surface area is 131 Å². The van der Waals surface area contributed by atoms with Gasteiger partial charge in [-0.15, -0.1) is 10.2 Å². The summed E-state index contributed by atoms with van der Waals surface area (Å²) in [5, 5.41) is 14.1. The first-order valence-electron chi connectivity index (χ1n) is 7.63. The van der Waals surface area contributed by atoms with E-state index in [2.05, 4.69) is 39.9 Å². The van der Waals surface area contributed by atoms with Gasteiger partial charge in [0.25, 0.3) is 5.91 Å². The van der Waals surface area contributed by atoms with Crippen LogP contribution in [0, 0.1) is 0 Å². The molecule has 0 aliphatic rings. The van der Waals surface area contributed by atoms with E-state index in [-0.39, 0.29) is 11.9 Å². The second kappa shape index (κ2) is 7.54. The van der Waals surface area contributed by atoms with E-state index in [1.807, 2.05) is 26.0 Å². The highest BCUT2D eigenvalue weighted by Gasteiger charge is 2.10. The smallest absolute Gasteiger partial charge is 0.272 e. The normalized spacial score (nSPS) is 11.8. The van der Waals surface area contributed by atoms with E-state index in [0.717, 1.165) is 18.5 Å². The molecular weight excluding hydrogens is 276 g/mol. The van der Waals surface area contributed by atoms with Crippen LogP contribution in [0.5, 0.6) is 0 Å². The Morgan fingerprint density at radius 3 is 2.36 bits per heavy atom. The van der Waals surface area contributed by atoms with Crippen LogP contribution in [0.1, 0.15) is 43.2 Å². The van der Waals surface area contributed by atoms with Crippen molar-refractivity contribution in [1.29, 1.82) is 0 Å². The number of anilines is 2. The lowest BCUT2D eigenvalue weighted by molar-refractivity contribution is 0.0933. The Morgan fingerprint density at radius 1 is 1.09 bits per heavy atom. The third-order valence-corrected chi connectivity index (χ3v) is 3.52. The van der Waals surface area contributed by atoms with Gasteiger partial charge in [-0.25, -0.2) is 0 Å². The number of rotatable bonds is 6. The lowest BCUT2D eigenvalue weighted by Crippen LogP contribution is -2.32. The summed E-state index contributed by atoms with van der Waals surface area (Å²) in [5.41, 5.74) is 2.56. The predicted molar refractivity (Wildman–Crippen MR) is 88.4 cm³/mol. The molecule has 0 radical (unpaired) electrons. The molecule has 2 rings (SSSR count). The molecule has 2 N–H and O–H groups in total. The van der Waals surface area contributed by atoms with Gasteiger partial charge in [-0.1, -0.05) is 26.0 Å². The van der Waals surface area contributed by atoms with E-state index in [1.165, 1.54) is 5.56 Å². The number of carbonyl (C=O) groups is 1. The Hall–Kier alpha value is -2.43. The summed E-state index contributed by atoms with van der Waals surface area (Å²) >= 11 is 0. The maximum Gasteiger partial charge on any atom is 0.272 e. The molecule has 0 saturated heterocycles. The van der Waals surface area contributed by atoms with Crippen LogP contribution in [-0.4, -0.2) is 22.1 Å². The SMILES string of the molecule is CCc1ccc(Nc2ccc(C(=O)NC(C)CC)nn2)cc1. The Morgan fingerprint density at radius 2 is 1.82 bits per heavy atom. The summed E-state index contributed by atoms with van der Waals surface area (Å²) in [6, 6.07) is 11.7. The van der Waals surface area contributed by atoms with Gasteiger partial charge in [-0.05, 0) is 49.6 Å². The first kappa shape index (κ1) is 15.9. The van der Waals surface area contributed by atoms with E-state index in [1.54, 1.807) is 12.1 Å². The Kier molecular flexibility index (Phi) is 5.47. The number of amides is 1. The van der Waals surface area contributed by atoms with Gasteiger partial charge in [-0.3, -0.25) is 4.79 Å². The van der Waals surface area contributed by atoms with Crippen molar-refractivity contribution >= 4 is 17.4 Å². The van der Waals surface area contributed by atoms with E-state index in [0.29, 0.717) is 11.5 Å². The van der Waals surface area contributed by atoms with Crippen molar-refractivity contribution < 1.29 is 4.79 Å². The summed E-state index contributed by atoms with van der Waals surface area (Å²) < 4.78 is 0. The average Bonchev–Trinajstić information content (AvgIpc) is 2.56. The van der Waals surface area contributed by atoms with Crippen LogP contribution < -0.4 is 10.6 Å². The van der Waals surface area contributed by atoms with Crippen molar-refractivity contribution in [3.05, 3.63) is 47.7 Å². The first-order chi connectivity index (χ1) is 10.6. The van der Waals surface area contributed by atoms with Crippen LogP contribution in [0.2, 0.25) is 0 Å². The molecule has 2 aromatic rings. The second-order valence-corrected chi connectivity index (χ2v) is 5.26. The van der Waals surface area contributed by atoms with Gasteiger partial charge in [0.05, 0.1) is 0 Å². The highest BCUT2D eigenvalue weighted by Crippen LogP contribution is 2.15. The van der Waals surface area contributed by atoms with Crippen LogP contribution in [0.3, 0.4) is 0 Å². The molecule has 0 fully saturated rings. The molecule has 1 heterocycles. The third kappa shape index (κ3) is 4.28. The van der Waals surface area contributed by atoms with E-state index >= 15 is 0 Å². The minimum absolute atomic E-state index is 0.129. The summed E-state index contributed by atoms with van der Waals surface area (Å²) in [6.45, 7) is 6.10. The van der Waals surface area contributed by atoms with Gasteiger partial charge in [0.15, 0.2) is 11.5 Å². The molecule has 0 spiro atoms. The number of aromatic nitrogens is 2. The minimum Gasteiger partial charge on any atom is -0.348 e. The molecule has 0 bridgehead atoms. The second-order valence-electron chi connectivity index (χ2n) is 5.26. The summed E-state index contributed by atoms with van der Waals surface area (Å²) in [6.07, 6.45) is 1.90. The zero-order valence-electron chi connectivity index (χ0n) is 13.3. The number of hydrogen-bond acceptors (Lipinski definition) is 4. The van der Waals surface area contributed by atoms with Gasteiger partial charge in [0, 0.05) is 11.7 Å². The maximum atomic E-state index is 11.9. The average molecular weight is 298 g/mol. The molecule has 1 atom stereocenters. The summed E-state index contributed by atoms with van der Waals surface area (Å²) in [7, 11) is 0. The molecule has 0 aliphatic heterocycles. The summed E-state index contributed by atoms with van der Waals surface area (Å²) in [5.74, 6) is 0.421. The number of aryl methyl sites for hydroxylation is 1. The standard InChI is InChI=1S/C17H22N4O/c1-4-12(3)18-17(22)15-10-11-16(21-20-15)19-14-8-6-13(5-2)7-9-14/h6-12H,4-5H2,1-3H3,(H,18,22)(H,19,21). The third-order valence-electron chi connectivity index (χ3n) is 3.52. The number of nitrogens with zero attached hydrogens (tertiary/aromatic N) is 2. The summed E-state index contributed by atoms with van der Waals surface area (Å²) in [4.78, 5) is 11.9. The maximum absolute atomic E-state index is 11.9. The van der Waals surface area contributed by atoms with Gasteiger partial charge >= 0.3 is 0 Å². The van der Waals surface area contributed by atoms with Crippen LogP contribution >= 0.6 is 0 Å². The van der Waals surface area contributed by atoms with Crippen LogP contribution in [0.15, 0.2) is 36.4 Å². The lowest BCUT2D eigenvalue weighted by atomic mass is 10.1. The van der Waals surface area contributed by atoms with E-state index in [9.17, 15) is 4.79 Å². The molecule has 5 heteroatoms. The molecule has 1 aromatic heterocycles. The van der Waals surface area contributed by atoms with Crippen molar-refractivity contribution in [3.8, 4) is 0 Å². The topological polar surface area (TPSA) is 66.9 Å². The van der Waals surface area contributed by atoms with Crippen LogP contribution in [0.4, 0.5) is 11.5 Å². The van der Waals surface area contributed by atoms with Crippen LogP contribution in [-0.2, 0) is 6.42 Å². The van der Waals surface area contributed by atoms with E-state index < -0.39 is 0 Å². The van der Waals surface area contributed by atoms with Crippen molar-refractivity contribution in [2.75, 3.05) is 5.32 Å². The van der Waals surface area contributed by atoms with Gasteiger partial charge in [0.2, 0.25) is 0 Å². The molecule has 1 unspecified atom stereocenters. The Balaban J connectivity index is 2.00. The lowest BCUT2D eigenvalue weighted by Gasteiger charge is -2.10. The number of hydrogen-bond donors (Lipinski definition) is 2. The van der Waals surface area contributed by atoms with Crippen LogP contribution in [0.25, 0.3) is 0 Å². The molecule has 0 saturated carbocycles. The van der Waals surface area contributed by atoms with Crippen molar-refractivity contribution in [1.82, 2.24) is 15.5 Å². The molecule has 1 aromatic carbocycles. The minimum atomic E-state index is -0.194. The molecule has 0 aliphatic carbocycles. The van der Waals surface area contributed by atoms with Crippen molar-refractivity contribution in [2.45, 2.75) is 39.7 Å². The Bertz CT molecular complexity index is 608. The fourth-order valence-corrected chi connectivity index (χ4v) is 1.89. The number of nitrogens with one attached hydrogen (secondary N) is 2. The quantitative estimate of drug-likeness (QED) is 0.858. The van der Waals surface area contributed by atoms with Gasteiger partial charge in [-0.2, -0.15) is 0 Å². The van der Waals surface area contributed by atoms with E-state index in [4.69, 9.17) is 0 Å². The fraction of sp³-hybridized carbons (Fsp3) is 0.353. The molecular formula is C17H22N4O. The fourth-order valence-electron chi connectivity index (χ4n) is 1.89. The zero-order chi connectivity index (χ0) is 15.9. The zero-order valence-corrected chi connectivity index (χ0v) is 13.3. The highest BCUT2D eigenvalue weighted by molar-refractivity contribution is 5.92. The number of carbonyl (C=O) groups excluding carboxylic acids is 1. The monoisotopic (exact) mass is 298 g/mol.